The summed E-state index contributed by atoms with van der Waals surface area (Å²) in [5.41, 5.74) is 2.21. The van der Waals surface area contributed by atoms with Gasteiger partial charge in [0.25, 0.3) is 5.56 Å². The zero-order valence-electron chi connectivity index (χ0n) is 14.7. The lowest BCUT2D eigenvalue weighted by Gasteiger charge is -2.44. The van der Waals surface area contributed by atoms with Crippen LogP contribution in [-0.4, -0.2) is 27.7 Å². The van der Waals surface area contributed by atoms with Crippen molar-refractivity contribution in [2.45, 2.75) is 31.8 Å². The van der Waals surface area contributed by atoms with Crippen LogP contribution in [0.2, 0.25) is 0 Å². The number of aromatic nitrogens is 1. The van der Waals surface area contributed by atoms with E-state index in [0.29, 0.717) is 11.8 Å². The molecule has 0 amide bonds. The first-order valence-electron chi connectivity index (χ1n) is 9.02. The molecule has 3 atom stereocenters. The maximum Gasteiger partial charge on any atom is 0.250 e. The van der Waals surface area contributed by atoms with Gasteiger partial charge in [-0.3, -0.25) is 4.79 Å². The molecule has 2 aromatic rings. The molecule has 2 aliphatic heterocycles. The summed E-state index contributed by atoms with van der Waals surface area (Å²) in [6.07, 6.45) is 1.11. The number of rotatable bonds is 2. The third-order valence-corrected chi connectivity index (χ3v) is 5.85. The van der Waals surface area contributed by atoms with E-state index < -0.39 is 0 Å². The Labute approximate surface area is 157 Å². The zero-order chi connectivity index (χ0) is 18.3. The standard InChI is InChI=1S/C20H22FN3OS/c1-13(15-5-7-17(21)8-6-15)22-20(26)23-10-14-9-16(12-23)18-3-2-4-19(25)24(18)11-14/h2-8,13-14,16H,9-12H2,1H3,(H,22,26)/t13?,14-,16-/m0/s1. The highest BCUT2D eigenvalue weighted by Crippen LogP contribution is 2.35. The van der Waals surface area contributed by atoms with Crippen LogP contribution in [-0.2, 0) is 6.54 Å². The fourth-order valence-electron chi connectivity index (χ4n) is 4.17. The second kappa shape index (κ2) is 6.83. The van der Waals surface area contributed by atoms with Crippen molar-refractivity contribution >= 4 is 17.3 Å². The summed E-state index contributed by atoms with van der Waals surface area (Å²) >= 11 is 5.65. The lowest BCUT2D eigenvalue weighted by molar-refractivity contribution is 0.176. The normalized spacial score (nSPS) is 22.5. The predicted octanol–water partition coefficient (Wildman–Crippen LogP) is 3.04. The molecular formula is C20H22FN3OS. The van der Waals surface area contributed by atoms with Crippen molar-refractivity contribution in [2.24, 2.45) is 5.92 Å². The molecule has 3 heterocycles. The molecule has 1 N–H and O–H groups in total. The molecule has 1 fully saturated rings. The number of likely N-dealkylation sites (tertiary alicyclic amines) is 1. The van der Waals surface area contributed by atoms with Crippen LogP contribution in [0.5, 0.6) is 0 Å². The molecule has 4 nitrogen and oxygen atoms in total. The number of hydrogen-bond donors (Lipinski definition) is 1. The van der Waals surface area contributed by atoms with Crippen molar-refractivity contribution in [1.29, 1.82) is 0 Å². The van der Waals surface area contributed by atoms with E-state index in [1.165, 1.54) is 12.1 Å². The molecule has 4 rings (SSSR count). The molecule has 1 saturated heterocycles. The summed E-state index contributed by atoms with van der Waals surface area (Å²) in [4.78, 5) is 14.3. The van der Waals surface area contributed by atoms with Gasteiger partial charge >= 0.3 is 0 Å². The van der Waals surface area contributed by atoms with Crippen molar-refractivity contribution in [1.82, 2.24) is 14.8 Å². The SMILES string of the molecule is CC(NC(=S)N1C[C@@H]2C[C@@H](C1)c1cccc(=O)n1C2)c1ccc(F)cc1. The van der Waals surface area contributed by atoms with Crippen LogP contribution in [0.1, 0.15) is 36.6 Å². The summed E-state index contributed by atoms with van der Waals surface area (Å²) in [7, 11) is 0. The van der Waals surface area contributed by atoms with E-state index in [1.807, 2.05) is 17.6 Å². The van der Waals surface area contributed by atoms with Gasteiger partial charge < -0.3 is 14.8 Å². The van der Waals surface area contributed by atoms with Gasteiger partial charge in [-0.15, -0.1) is 0 Å². The second-order valence-corrected chi connectivity index (χ2v) is 7.71. The zero-order valence-corrected chi connectivity index (χ0v) is 15.5. The Morgan fingerprint density at radius 1 is 1.19 bits per heavy atom. The van der Waals surface area contributed by atoms with Crippen LogP contribution in [0.4, 0.5) is 4.39 Å². The van der Waals surface area contributed by atoms with Gasteiger partial charge in [-0.05, 0) is 55.2 Å². The molecule has 1 aromatic heterocycles. The highest BCUT2D eigenvalue weighted by molar-refractivity contribution is 7.80. The topological polar surface area (TPSA) is 37.3 Å². The number of benzene rings is 1. The van der Waals surface area contributed by atoms with Gasteiger partial charge in [-0.1, -0.05) is 18.2 Å². The number of hydrogen-bond acceptors (Lipinski definition) is 2. The molecule has 1 aromatic carbocycles. The number of thiocarbonyl (C=S) groups is 1. The van der Waals surface area contributed by atoms with E-state index in [0.717, 1.165) is 42.4 Å². The largest absolute Gasteiger partial charge is 0.356 e. The lowest BCUT2D eigenvalue weighted by atomic mass is 9.83. The van der Waals surface area contributed by atoms with Gasteiger partial charge in [0, 0.05) is 37.3 Å². The Balaban J connectivity index is 1.47. The minimum Gasteiger partial charge on any atom is -0.356 e. The summed E-state index contributed by atoms with van der Waals surface area (Å²) in [5.74, 6) is 0.529. The molecule has 2 aliphatic rings. The van der Waals surface area contributed by atoms with Crippen molar-refractivity contribution in [3.05, 3.63) is 69.9 Å². The molecule has 6 heteroatoms. The highest BCUT2D eigenvalue weighted by Gasteiger charge is 2.35. The van der Waals surface area contributed by atoms with E-state index in [4.69, 9.17) is 12.2 Å². The number of pyridine rings is 1. The van der Waals surface area contributed by atoms with Crippen molar-refractivity contribution in [3.8, 4) is 0 Å². The Bertz CT molecular complexity index is 879. The van der Waals surface area contributed by atoms with Crippen LogP contribution in [0.25, 0.3) is 0 Å². The number of piperidine rings is 1. The van der Waals surface area contributed by atoms with Gasteiger partial charge in [-0.25, -0.2) is 4.39 Å². The molecular weight excluding hydrogens is 349 g/mol. The quantitative estimate of drug-likeness (QED) is 0.824. The highest BCUT2D eigenvalue weighted by atomic mass is 32.1. The maximum atomic E-state index is 13.1. The molecule has 2 bridgehead atoms. The molecule has 0 saturated carbocycles. The van der Waals surface area contributed by atoms with Gasteiger partial charge in [0.15, 0.2) is 5.11 Å². The van der Waals surface area contributed by atoms with E-state index in [2.05, 4.69) is 16.3 Å². The van der Waals surface area contributed by atoms with E-state index in [1.54, 1.807) is 18.2 Å². The molecule has 1 unspecified atom stereocenters. The first-order valence-corrected chi connectivity index (χ1v) is 9.42. The smallest absolute Gasteiger partial charge is 0.250 e. The summed E-state index contributed by atoms with van der Waals surface area (Å²) < 4.78 is 15.0. The van der Waals surface area contributed by atoms with Crippen LogP contribution in [0.15, 0.2) is 47.3 Å². The Morgan fingerprint density at radius 3 is 2.73 bits per heavy atom. The monoisotopic (exact) mass is 371 g/mol. The van der Waals surface area contributed by atoms with Gasteiger partial charge in [0.1, 0.15) is 5.82 Å². The van der Waals surface area contributed by atoms with Crippen LogP contribution in [0, 0.1) is 11.7 Å². The average Bonchev–Trinajstić information content (AvgIpc) is 2.63. The Hall–Kier alpha value is -2.21. The van der Waals surface area contributed by atoms with Gasteiger partial charge in [-0.2, -0.15) is 0 Å². The minimum absolute atomic E-state index is 0.0137. The van der Waals surface area contributed by atoms with Crippen LogP contribution < -0.4 is 10.9 Å². The van der Waals surface area contributed by atoms with Crippen molar-refractivity contribution < 1.29 is 4.39 Å². The second-order valence-electron chi connectivity index (χ2n) is 7.33. The number of nitrogens with zero attached hydrogens (tertiary/aromatic N) is 2. The molecule has 136 valence electrons. The Kier molecular flexibility index (Phi) is 4.53. The average molecular weight is 371 g/mol. The lowest BCUT2D eigenvalue weighted by Crippen LogP contribution is -2.52. The predicted molar refractivity (Wildman–Crippen MR) is 104 cm³/mol. The minimum atomic E-state index is -0.235. The summed E-state index contributed by atoms with van der Waals surface area (Å²) in [5, 5.41) is 4.10. The fraction of sp³-hybridized carbons (Fsp3) is 0.400. The molecule has 0 radical (unpaired) electrons. The number of halogens is 1. The molecule has 0 aliphatic carbocycles. The van der Waals surface area contributed by atoms with E-state index in [9.17, 15) is 9.18 Å². The summed E-state index contributed by atoms with van der Waals surface area (Å²) in [6, 6.07) is 12.1. The first kappa shape index (κ1) is 17.2. The number of fused-ring (bicyclic) bond motifs is 4. The Morgan fingerprint density at radius 2 is 1.96 bits per heavy atom. The van der Waals surface area contributed by atoms with E-state index >= 15 is 0 Å². The van der Waals surface area contributed by atoms with Crippen LogP contribution >= 0.6 is 12.2 Å². The third kappa shape index (κ3) is 3.26. The van der Waals surface area contributed by atoms with Crippen molar-refractivity contribution in [3.63, 3.8) is 0 Å². The summed E-state index contributed by atoms with van der Waals surface area (Å²) in [6.45, 7) is 4.47. The third-order valence-electron chi connectivity index (χ3n) is 5.48. The van der Waals surface area contributed by atoms with Gasteiger partial charge in [0.05, 0.1) is 6.04 Å². The number of nitrogens with one attached hydrogen (secondary N) is 1. The van der Waals surface area contributed by atoms with Crippen LogP contribution in [0.3, 0.4) is 0 Å². The molecule has 0 spiro atoms. The fourth-order valence-corrected chi connectivity index (χ4v) is 4.50. The van der Waals surface area contributed by atoms with E-state index in [-0.39, 0.29) is 17.4 Å². The first-order chi connectivity index (χ1) is 12.5. The molecule has 26 heavy (non-hydrogen) atoms. The van der Waals surface area contributed by atoms with Gasteiger partial charge in [0.2, 0.25) is 0 Å². The van der Waals surface area contributed by atoms with Crippen molar-refractivity contribution in [2.75, 3.05) is 13.1 Å². The maximum absolute atomic E-state index is 13.1.